The molecular weight excluding hydrogens is 250 g/mol. The number of methoxy groups -OCH3 is 1. The quantitative estimate of drug-likeness (QED) is 0.801. The topological polar surface area (TPSA) is 57.0 Å². The summed E-state index contributed by atoms with van der Waals surface area (Å²) < 4.78 is 6.76. The van der Waals surface area contributed by atoms with Crippen LogP contribution in [0, 0.1) is 6.92 Å². The lowest BCUT2D eigenvalue weighted by Crippen LogP contribution is -2.00. The molecule has 0 amide bonds. The zero-order valence-corrected chi connectivity index (χ0v) is 11.6. The molecule has 2 rings (SSSR count). The van der Waals surface area contributed by atoms with Crippen molar-refractivity contribution in [1.82, 2.24) is 14.5 Å². The van der Waals surface area contributed by atoms with Crippen LogP contribution in [0.5, 0.6) is 0 Å². The van der Waals surface area contributed by atoms with Crippen LogP contribution in [-0.2, 0) is 4.74 Å². The first kappa shape index (κ1) is 12.8. The highest BCUT2D eigenvalue weighted by atomic mass is 32.1. The molecule has 0 atom stereocenters. The maximum Gasteiger partial charge on any atom is 0.349 e. The largest absolute Gasteiger partial charge is 0.465 e. The second kappa shape index (κ2) is 4.89. The third kappa shape index (κ3) is 2.15. The fourth-order valence-electron chi connectivity index (χ4n) is 1.67. The summed E-state index contributed by atoms with van der Waals surface area (Å²) >= 11 is 1.33. The molecule has 0 aliphatic carbocycles. The van der Waals surface area contributed by atoms with Crippen LogP contribution in [0.3, 0.4) is 0 Å². The van der Waals surface area contributed by atoms with E-state index in [1.165, 1.54) is 18.4 Å². The lowest BCUT2D eigenvalue weighted by atomic mass is 10.3. The second-order valence-corrected chi connectivity index (χ2v) is 5.20. The second-order valence-electron chi connectivity index (χ2n) is 4.21. The highest BCUT2D eigenvalue weighted by molar-refractivity contribution is 7.17. The highest BCUT2D eigenvalue weighted by Gasteiger charge is 2.19. The minimum absolute atomic E-state index is 0.299. The van der Waals surface area contributed by atoms with Crippen LogP contribution >= 0.6 is 11.3 Å². The first-order valence-electron chi connectivity index (χ1n) is 5.62. The molecule has 18 heavy (non-hydrogen) atoms. The number of hydrogen-bond acceptors (Lipinski definition) is 5. The van der Waals surface area contributed by atoms with Crippen molar-refractivity contribution in [3.63, 3.8) is 0 Å². The molecule has 2 aromatic heterocycles. The van der Waals surface area contributed by atoms with E-state index in [1.54, 1.807) is 12.5 Å². The van der Waals surface area contributed by atoms with E-state index in [0.29, 0.717) is 16.6 Å². The molecule has 5 nitrogen and oxygen atoms in total. The highest BCUT2D eigenvalue weighted by Crippen LogP contribution is 2.29. The van der Waals surface area contributed by atoms with Gasteiger partial charge in [-0.25, -0.2) is 14.8 Å². The molecule has 2 heterocycles. The Morgan fingerprint density at radius 1 is 1.50 bits per heavy atom. The van der Waals surface area contributed by atoms with E-state index in [-0.39, 0.29) is 5.97 Å². The number of rotatable bonds is 3. The van der Waals surface area contributed by atoms with Crippen LogP contribution in [0.15, 0.2) is 12.5 Å². The van der Waals surface area contributed by atoms with Crippen molar-refractivity contribution in [3.8, 4) is 10.7 Å². The summed E-state index contributed by atoms with van der Waals surface area (Å²) in [5.41, 5.74) is 1.62. The standard InChI is InChI=1S/C12H15N3O2S/c1-7(2)15-6-13-5-9(15)11-14-8(3)10(18-11)12(16)17-4/h5-7H,1-4H3. The summed E-state index contributed by atoms with van der Waals surface area (Å²) in [5, 5.41) is 0.791. The van der Waals surface area contributed by atoms with Crippen molar-refractivity contribution >= 4 is 17.3 Å². The number of ether oxygens (including phenoxy) is 1. The van der Waals surface area contributed by atoms with E-state index in [1.807, 2.05) is 11.5 Å². The Hall–Kier alpha value is -1.69. The van der Waals surface area contributed by atoms with Crippen LogP contribution < -0.4 is 0 Å². The predicted octanol–water partition coefficient (Wildman–Crippen LogP) is 2.68. The number of thiazole rings is 1. The Bertz CT molecular complexity index is 572. The van der Waals surface area contributed by atoms with Crippen molar-refractivity contribution in [1.29, 1.82) is 0 Å². The molecule has 0 saturated heterocycles. The van der Waals surface area contributed by atoms with Crippen LogP contribution in [0.2, 0.25) is 0 Å². The summed E-state index contributed by atoms with van der Waals surface area (Å²) in [6.45, 7) is 5.96. The molecule has 0 radical (unpaired) electrons. The van der Waals surface area contributed by atoms with Gasteiger partial charge in [0, 0.05) is 6.04 Å². The summed E-state index contributed by atoms with van der Waals surface area (Å²) in [5.74, 6) is -0.341. The molecule has 6 heteroatoms. The van der Waals surface area contributed by atoms with E-state index in [9.17, 15) is 4.79 Å². The summed E-state index contributed by atoms with van der Waals surface area (Å²) in [6.07, 6.45) is 3.54. The minimum atomic E-state index is -0.341. The van der Waals surface area contributed by atoms with E-state index in [0.717, 1.165) is 10.7 Å². The molecule has 0 aromatic carbocycles. The van der Waals surface area contributed by atoms with E-state index in [2.05, 4.69) is 23.8 Å². The molecule has 0 fully saturated rings. The lowest BCUT2D eigenvalue weighted by molar-refractivity contribution is 0.0605. The number of hydrogen-bond donors (Lipinski definition) is 0. The third-order valence-electron chi connectivity index (χ3n) is 2.61. The Balaban J connectivity index is 2.46. The molecule has 0 N–H and O–H groups in total. The summed E-state index contributed by atoms with van der Waals surface area (Å²) in [4.78, 5) is 20.7. The third-order valence-corrected chi connectivity index (χ3v) is 3.77. The maximum atomic E-state index is 11.6. The Morgan fingerprint density at radius 3 is 2.83 bits per heavy atom. The van der Waals surface area contributed by atoms with Gasteiger partial charge in [0.05, 0.1) is 31.0 Å². The van der Waals surface area contributed by atoms with Crippen molar-refractivity contribution in [2.75, 3.05) is 7.11 Å². The molecule has 2 aromatic rings. The number of nitrogens with zero attached hydrogens (tertiary/aromatic N) is 3. The molecular formula is C12H15N3O2S. The Kier molecular flexibility index (Phi) is 3.47. The molecule has 0 unspecified atom stereocenters. The molecule has 0 bridgehead atoms. The monoisotopic (exact) mass is 265 g/mol. The number of aromatic nitrogens is 3. The van der Waals surface area contributed by atoms with E-state index >= 15 is 0 Å². The van der Waals surface area contributed by atoms with Gasteiger partial charge in [-0.2, -0.15) is 0 Å². The van der Waals surface area contributed by atoms with Gasteiger partial charge in [-0.1, -0.05) is 0 Å². The van der Waals surface area contributed by atoms with E-state index in [4.69, 9.17) is 4.74 Å². The van der Waals surface area contributed by atoms with Crippen molar-refractivity contribution in [3.05, 3.63) is 23.1 Å². The lowest BCUT2D eigenvalue weighted by Gasteiger charge is -2.09. The number of carbonyl (C=O) groups is 1. The molecule has 0 aliphatic rings. The first-order chi connectivity index (χ1) is 8.54. The average molecular weight is 265 g/mol. The van der Waals surface area contributed by atoms with Gasteiger partial charge in [0.1, 0.15) is 9.88 Å². The van der Waals surface area contributed by atoms with Gasteiger partial charge in [0.15, 0.2) is 0 Å². The normalized spacial score (nSPS) is 10.9. The fraction of sp³-hybridized carbons (Fsp3) is 0.417. The van der Waals surface area contributed by atoms with Gasteiger partial charge in [0.25, 0.3) is 0 Å². The Morgan fingerprint density at radius 2 is 2.22 bits per heavy atom. The summed E-state index contributed by atoms with van der Waals surface area (Å²) in [7, 11) is 1.37. The molecule has 0 spiro atoms. The summed E-state index contributed by atoms with van der Waals surface area (Å²) in [6, 6.07) is 0.299. The van der Waals surface area contributed by atoms with Gasteiger partial charge in [0.2, 0.25) is 0 Å². The van der Waals surface area contributed by atoms with Crippen molar-refractivity contribution in [2.24, 2.45) is 0 Å². The zero-order chi connectivity index (χ0) is 13.3. The van der Waals surface area contributed by atoms with Crippen LogP contribution in [0.4, 0.5) is 0 Å². The van der Waals surface area contributed by atoms with Crippen molar-refractivity contribution < 1.29 is 9.53 Å². The van der Waals surface area contributed by atoms with Gasteiger partial charge in [-0.3, -0.25) is 0 Å². The minimum Gasteiger partial charge on any atom is -0.465 e. The van der Waals surface area contributed by atoms with E-state index < -0.39 is 0 Å². The molecule has 0 saturated carbocycles. The van der Waals surface area contributed by atoms with Gasteiger partial charge in [-0.05, 0) is 20.8 Å². The van der Waals surface area contributed by atoms with Gasteiger partial charge >= 0.3 is 5.97 Å². The first-order valence-corrected chi connectivity index (χ1v) is 6.44. The number of aryl methyl sites for hydroxylation is 1. The molecule has 96 valence electrons. The van der Waals surface area contributed by atoms with Gasteiger partial charge in [-0.15, -0.1) is 11.3 Å². The number of imidazole rings is 1. The molecule has 0 aliphatic heterocycles. The number of esters is 1. The van der Waals surface area contributed by atoms with Crippen LogP contribution in [0.1, 0.15) is 35.3 Å². The Labute approximate surface area is 109 Å². The average Bonchev–Trinajstić information content (AvgIpc) is 2.93. The number of carbonyl (C=O) groups excluding carboxylic acids is 1. The maximum absolute atomic E-state index is 11.6. The van der Waals surface area contributed by atoms with Gasteiger partial charge < -0.3 is 9.30 Å². The zero-order valence-electron chi connectivity index (χ0n) is 10.8. The van der Waals surface area contributed by atoms with Crippen LogP contribution in [-0.4, -0.2) is 27.6 Å². The predicted molar refractivity (Wildman–Crippen MR) is 69.8 cm³/mol. The SMILES string of the molecule is COC(=O)c1sc(-c2cncn2C(C)C)nc1C. The van der Waals surface area contributed by atoms with Crippen molar-refractivity contribution in [2.45, 2.75) is 26.8 Å². The smallest absolute Gasteiger partial charge is 0.349 e. The fourth-order valence-corrected chi connectivity index (χ4v) is 2.67. The van der Waals surface area contributed by atoms with Crippen LogP contribution in [0.25, 0.3) is 10.7 Å².